The van der Waals surface area contributed by atoms with E-state index in [0.717, 1.165) is 12.3 Å². The average Bonchev–Trinajstić information content (AvgIpc) is 1.62. The van der Waals surface area contributed by atoms with Crippen LogP contribution in [0.1, 0.15) is 13.8 Å². The summed E-state index contributed by atoms with van der Waals surface area (Å²) < 4.78 is 13.2. The highest BCUT2D eigenvalue weighted by Gasteiger charge is 2.28. The summed E-state index contributed by atoms with van der Waals surface area (Å²) in [6, 6.07) is 0.392. The third kappa shape index (κ3) is 1.12. The molecule has 1 saturated heterocycles. The Balaban J connectivity index is 2.67. The van der Waals surface area contributed by atoms with Crippen LogP contribution < -0.4 is 0 Å². The van der Waals surface area contributed by atoms with Gasteiger partial charge in [0.15, 0.2) is 0 Å². The molecule has 0 aromatic carbocycles. The molecule has 0 aromatic heterocycles. The smallest absolute Gasteiger partial charge is 0.0429 e. The zero-order valence-corrected chi connectivity index (χ0v) is 6.78. The lowest BCUT2D eigenvalue weighted by Crippen LogP contribution is -2.50. The van der Waals surface area contributed by atoms with Gasteiger partial charge in [0.1, 0.15) is 0 Å². The van der Waals surface area contributed by atoms with Crippen molar-refractivity contribution in [2.75, 3.05) is 12.3 Å². The summed E-state index contributed by atoms with van der Waals surface area (Å²) in [5.74, 6) is 4.42. The van der Waals surface area contributed by atoms with Crippen LogP contribution in [0.15, 0.2) is 0 Å². The van der Waals surface area contributed by atoms with Gasteiger partial charge in [-0.15, -0.1) is 0 Å². The van der Waals surface area contributed by atoms with Gasteiger partial charge in [0.2, 0.25) is 0 Å². The second-order valence-corrected chi connectivity index (χ2v) is 5.13. The van der Waals surface area contributed by atoms with E-state index in [9.17, 15) is 4.21 Å². The van der Waals surface area contributed by atoms with Gasteiger partial charge in [-0.05, 0) is 19.7 Å². The van der Waals surface area contributed by atoms with Crippen molar-refractivity contribution in [3.8, 4) is 0 Å². The van der Waals surface area contributed by atoms with Gasteiger partial charge in [0.05, 0.1) is 0 Å². The van der Waals surface area contributed by atoms with Gasteiger partial charge in [-0.2, -0.15) is 0 Å². The number of rotatable bonds is 1. The van der Waals surface area contributed by atoms with Crippen LogP contribution in [0, 0.1) is 0 Å². The normalized spacial score (nSPS) is 36.8. The Morgan fingerprint density at radius 2 is 2.22 bits per heavy atom. The Kier molecular flexibility index (Phi) is 1.57. The number of hydrogen-bond acceptors (Lipinski definition) is 1. The van der Waals surface area contributed by atoms with Gasteiger partial charge in [-0.3, -0.25) is 4.21 Å². The van der Waals surface area contributed by atoms with Crippen LogP contribution in [0.3, 0.4) is 0 Å². The van der Waals surface area contributed by atoms with Gasteiger partial charge in [0.25, 0.3) is 0 Å². The highest BCUT2D eigenvalue weighted by Crippen LogP contribution is 2.15. The summed E-state index contributed by atoms with van der Waals surface area (Å²) in [4.78, 5) is 0. The molecule has 1 aliphatic rings. The Bertz CT molecular complexity index is 193. The van der Waals surface area contributed by atoms with Crippen molar-refractivity contribution in [3.05, 3.63) is 0 Å². The molecule has 0 amide bonds. The zero-order valence-electron chi connectivity index (χ0n) is 5.96. The average molecular weight is 147 g/mol. The highest BCUT2D eigenvalue weighted by atomic mass is 32.2. The first-order valence-corrected chi connectivity index (χ1v) is 5.01. The fourth-order valence-electron chi connectivity index (χ4n) is 1.04. The molecule has 2 nitrogen and oxygen atoms in total. The summed E-state index contributed by atoms with van der Waals surface area (Å²) in [6.45, 7) is 5.05. The standard InChI is InChI=1S/C6H13NOS/c1-6(2)7-4-5-9(7,3)8/h6H,3-5H2,1-2H3. The minimum absolute atomic E-state index is 0.392. The van der Waals surface area contributed by atoms with Crippen molar-refractivity contribution >= 4 is 15.6 Å². The molecule has 0 saturated carbocycles. The first kappa shape index (κ1) is 7.09. The van der Waals surface area contributed by atoms with E-state index in [1.165, 1.54) is 0 Å². The minimum Gasteiger partial charge on any atom is -0.253 e. The van der Waals surface area contributed by atoms with E-state index in [2.05, 4.69) is 5.87 Å². The largest absolute Gasteiger partial charge is 0.253 e. The summed E-state index contributed by atoms with van der Waals surface area (Å²) in [7, 11) is -1.79. The molecule has 0 bridgehead atoms. The maximum absolute atomic E-state index is 11.2. The third-order valence-electron chi connectivity index (χ3n) is 1.63. The molecule has 0 aromatic rings. The Morgan fingerprint density at radius 3 is 2.22 bits per heavy atom. The van der Waals surface area contributed by atoms with Crippen LogP contribution in [0.25, 0.3) is 0 Å². The maximum atomic E-state index is 11.2. The molecule has 1 fully saturated rings. The molecule has 3 heteroatoms. The monoisotopic (exact) mass is 147 g/mol. The summed E-state index contributed by atoms with van der Waals surface area (Å²) in [6.07, 6.45) is 0. The van der Waals surface area contributed by atoms with Crippen LogP contribution in [-0.4, -0.2) is 32.7 Å². The van der Waals surface area contributed by atoms with Crippen LogP contribution in [0.4, 0.5) is 0 Å². The second kappa shape index (κ2) is 1.99. The molecular weight excluding hydrogens is 134 g/mol. The molecule has 9 heavy (non-hydrogen) atoms. The number of nitrogens with zero attached hydrogens (tertiary/aromatic N) is 1. The fraction of sp³-hybridized carbons (Fsp3) is 0.833. The Hall–Kier alpha value is -0.0200. The van der Waals surface area contributed by atoms with Crippen LogP contribution in [0.5, 0.6) is 0 Å². The fourth-order valence-corrected chi connectivity index (χ4v) is 2.61. The van der Waals surface area contributed by atoms with Crippen molar-refractivity contribution in [1.29, 1.82) is 0 Å². The van der Waals surface area contributed by atoms with Crippen LogP contribution in [-0.2, 0) is 9.71 Å². The molecule has 1 heterocycles. The van der Waals surface area contributed by atoms with E-state index in [0.29, 0.717) is 6.04 Å². The van der Waals surface area contributed by atoms with Crippen LogP contribution >= 0.6 is 0 Å². The van der Waals surface area contributed by atoms with Crippen molar-refractivity contribution in [3.63, 3.8) is 0 Å². The zero-order chi connectivity index (χ0) is 7.07. The lowest BCUT2D eigenvalue weighted by Gasteiger charge is -2.38. The molecule has 0 N–H and O–H groups in total. The van der Waals surface area contributed by atoms with Crippen molar-refractivity contribution < 1.29 is 4.21 Å². The topological polar surface area (TPSA) is 20.3 Å². The minimum atomic E-state index is -1.79. The first-order chi connectivity index (χ1) is 4.04. The summed E-state index contributed by atoms with van der Waals surface area (Å²) >= 11 is 0. The Morgan fingerprint density at radius 1 is 1.67 bits per heavy atom. The molecule has 1 rings (SSSR count). The summed E-state index contributed by atoms with van der Waals surface area (Å²) in [5, 5.41) is 0. The predicted molar refractivity (Wildman–Crippen MR) is 42.0 cm³/mol. The van der Waals surface area contributed by atoms with Gasteiger partial charge in [-0.1, -0.05) is 0 Å². The highest BCUT2D eigenvalue weighted by molar-refractivity contribution is 7.99. The molecule has 1 aliphatic heterocycles. The SMILES string of the molecule is C=S1(=O)CCN1C(C)C. The summed E-state index contributed by atoms with van der Waals surface area (Å²) in [5.41, 5.74) is 0. The van der Waals surface area contributed by atoms with Crippen LogP contribution in [0.2, 0.25) is 0 Å². The van der Waals surface area contributed by atoms with E-state index in [-0.39, 0.29) is 0 Å². The molecule has 0 spiro atoms. The predicted octanol–water partition coefficient (Wildman–Crippen LogP) is 0.342. The van der Waals surface area contributed by atoms with E-state index < -0.39 is 9.71 Å². The van der Waals surface area contributed by atoms with Crippen molar-refractivity contribution in [1.82, 2.24) is 4.31 Å². The van der Waals surface area contributed by atoms with Gasteiger partial charge < -0.3 is 0 Å². The molecule has 1 unspecified atom stereocenters. The lowest BCUT2D eigenvalue weighted by atomic mass is 10.4. The Labute approximate surface area is 57.0 Å². The number of hydrogen-bond donors (Lipinski definition) is 0. The molecular formula is C6H13NOS. The van der Waals surface area contributed by atoms with Crippen molar-refractivity contribution in [2.45, 2.75) is 19.9 Å². The van der Waals surface area contributed by atoms with Crippen molar-refractivity contribution in [2.24, 2.45) is 0 Å². The second-order valence-electron chi connectivity index (χ2n) is 2.71. The maximum Gasteiger partial charge on any atom is 0.0429 e. The molecule has 1 atom stereocenters. The van der Waals surface area contributed by atoms with Gasteiger partial charge in [-0.25, -0.2) is 4.31 Å². The van der Waals surface area contributed by atoms with E-state index >= 15 is 0 Å². The lowest BCUT2D eigenvalue weighted by molar-refractivity contribution is 0.359. The van der Waals surface area contributed by atoms with Gasteiger partial charge >= 0.3 is 0 Å². The molecule has 0 aliphatic carbocycles. The van der Waals surface area contributed by atoms with E-state index in [1.807, 2.05) is 18.2 Å². The van der Waals surface area contributed by atoms with E-state index in [1.54, 1.807) is 0 Å². The third-order valence-corrected chi connectivity index (χ3v) is 3.91. The van der Waals surface area contributed by atoms with Gasteiger partial charge in [0, 0.05) is 28.0 Å². The molecule has 54 valence electrons. The quantitative estimate of drug-likeness (QED) is 0.490. The molecule has 0 radical (unpaired) electrons. The first-order valence-electron chi connectivity index (χ1n) is 3.16. The van der Waals surface area contributed by atoms with E-state index in [4.69, 9.17) is 0 Å².